The van der Waals surface area contributed by atoms with Gasteiger partial charge in [0, 0.05) is 18.3 Å². The van der Waals surface area contributed by atoms with Gasteiger partial charge in [-0.3, -0.25) is 0 Å². The molecule has 0 aliphatic carbocycles. The van der Waals surface area contributed by atoms with E-state index in [9.17, 15) is 8.42 Å². The number of hydrogen-bond donors (Lipinski definition) is 1. The summed E-state index contributed by atoms with van der Waals surface area (Å²) in [5, 5.41) is 9.71. The summed E-state index contributed by atoms with van der Waals surface area (Å²) in [6, 6.07) is 25.9. The topological polar surface area (TPSA) is 86.1 Å². The highest BCUT2D eigenvalue weighted by molar-refractivity contribution is 7.99. The number of rotatable bonds is 14. The molecule has 0 amide bonds. The van der Waals surface area contributed by atoms with E-state index in [0.29, 0.717) is 24.7 Å². The summed E-state index contributed by atoms with van der Waals surface area (Å²) in [7, 11) is -3.68. The highest BCUT2D eigenvalue weighted by Gasteiger charge is 2.22. The van der Waals surface area contributed by atoms with E-state index in [1.54, 1.807) is 23.9 Å². The van der Waals surface area contributed by atoms with E-state index in [2.05, 4.69) is 33.3 Å². The molecular weight excluding hydrogens is 528 g/mol. The molecule has 206 valence electrons. The molecule has 1 aromatic heterocycles. The summed E-state index contributed by atoms with van der Waals surface area (Å²) in [6.45, 7) is 7.46. The second-order valence-corrected chi connectivity index (χ2v) is 12.6. The average molecular weight is 565 g/mol. The van der Waals surface area contributed by atoms with Crippen molar-refractivity contribution in [2.75, 3.05) is 5.75 Å². The van der Waals surface area contributed by atoms with Crippen molar-refractivity contribution in [1.82, 2.24) is 19.5 Å². The molecule has 0 aliphatic heterocycles. The zero-order valence-corrected chi connectivity index (χ0v) is 24.3. The Labute approximate surface area is 236 Å². The molecule has 7 nitrogen and oxygen atoms in total. The number of ether oxygens (including phenoxy) is 1. The number of para-hydroxylation sites is 1. The SMILES string of the molecule is Cc1ccc(S(=O)(=O)N[C@@H](CCSc2nnc(COc3ccccc3)n2CCC(C)C)c2ccccc2)cc1. The van der Waals surface area contributed by atoms with Gasteiger partial charge in [-0.2, -0.15) is 0 Å². The van der Waals surface area contributed by atoms with Crippen molar-refractivity contribution in [3.8, 4) is 5.75 Å². The van der Waals surface area contributed by atoms with E-state index in [0.717, 1.165) is 40.8 Å². The second-order valence-electron chi connectivity index (χ2n) is 9.87. The van der Waals surface area contributed by atoms with E-state index < -0.39 is 10.0 Å². The van der Waals surface area contributed by atoms with Gasteiger partial charge in [0.15, 0.2) is 11.0 Å². The Bertz CT molecular complexity index is 1410. The van der Waals surface area contributed by atoms with Crippen LogP contribution in [0.2, 0.25) is 0 Å². The molecule has 0 spiro atoms. The van der Waals surface area contributed by atoms with Crippen LogP contribution in [0, 0.1) is 12.8 Å². The first-order chi connectivity index (χ1) is 18.8. The highest BCUT2D eigenvalue weighted by Crippen LogP contribution is 2.26. The molecule has 0 aliphatic rings. The molecule has 1 atom stereocenters. The summed E-state index contributed by atoms with van der Waals surface area (Å²) in [6.07, 6.45) is 1.58. The minimum atomic E-state index is -3.68. The predicted octanol–water partition coefficient (Wildman–Crippen LogP) is 6.41. The fourth-order valence-electron chi connectivity index (χ4n) is 4.03. The number of nitrogens with one attached hydrogen (secondary N) is 1. The van der Waals surface area contributed by atoms with Gasteiger partial charge in [0.2, 0.25) is 10.0 Å². The second kappa shape index (κ2) is 13.8. The molecule has 0 bridgehead atoms. The van der Waals surface area contributed by atoms with Gasteiger partial charge >= 0.3 is 0 Å². The molecule has 0 unspecified atom stereocenters. The highest BCUT2D eigenvalue weighted by atomic mass is 32.2. The molecule has 1 N–H and O–H groups in total. The lowest BCUT2D eigenvalue weighted by molar-refractivity contribution is 0.285. The van der Waals surface area contributed by atoms with Gasteiger partial charge in [0.25, 0.3) is 0 Å². The Balaban J connectivity index is 1.47. The monoisotopic (exact) mass is 564 g/mol. The number of aryl methyl sites for hydroxylation is 1. The number of benzene rings is 3. The smallest absolute Gasteiger partial charge is 0.241 e. The van der Waals surface area contributed by atoms with Crippen LogP contribution in [0.3, 0.4) is 0 Å². The number of thioether (sulfide) groups is 1. The Hall–Kier alpha value is -3.14. The van der Waals surface area contributed by atoms with Crippen molar-refractivity contribution in [2.24, 2.45) is 5.92 Å². The summed E-state index contributed by atoms with van der Waals surface area (Å²) in [4.78, 5) is 0.262. The third-order valence-corrected chi connectivity index (χ3v) is 8.79. The van der Waals surface area contributed by atoms with Crippen LogP contribution < -0.4 is 9.46 Å². The molecular formula is C30H36N4O3S2. The van der Waals surface area contributed by atoms with Crippen molar-refractivity contribution >= 4 is 21.8 Å². The standard InChI is InChI=1S/C30H36N4O3S2/c1-23(2)18-20-34-29(22-37-26-12-8-5-9-13-26)31-32-30(34)38-21-19-28(25-10-6-4-7-11-25)33-39(35,36)27-16-14-24(3)15-17-27/h4-17,23,28,33H,18-22H2,1-3H3/t28-/m0/s1. The first-order valence-electron chi connectivity index (χ1n) is 13.2. The van der Waals surface area contributed by atoms with Gasteiger partial charge in [-0.05, 0) is 55.5 Å². The van der Waals surface area contributed by atoms with E-state index in [1.165, 1.54) is 0 Å². The predicted molar refractivity (Wildman–Crippen MR) is 156 cm³/mol. The molecule has 0 saturated carbocycles. The molecule has 0 fully saturated rings. The molecule has 4 rings (SSSR count). The lowest BCUT2D eigenvalue weighted by Gasteiger charge is -2.19. The molecule has 9 heteroatoms. The van der Waals surface area contributed by atoms with Gasteiger partial charge in [-0.1, -0.05) is 91.8 Å². The number of hydrogen-bond acceptors (Lipinski definition) is 6. The zero-order chi connectivity index (χ0) is 27.7. The normalized spacial score (nSPS) is 12.5. The van der Waals surface area contributed by atoms with Crippen LogP contribution in [0.4, 0.5) is 0 Å². The number of sulfonamides is 1. The maximum absolute atomic E-state index is 13.2. The minimum Gasteiger partial charge on any atom is -0.486 e. The minimum absolute atomic E-state index is 0.262. The summed E-state index contributed by atoms with van der Waals surface area (Å²) < 4.78 is 37.4. The van der Waals surface area contributed by atoms with Crippen molar-refractivity contribution in [3.05, 3.63) is 102 Å². The molecule has 0 radical (unpaired) electrons. The van der Waals surface area contributed by atoms with Crippen LogP contribution in [0.1, 0.15) is 49.7 Å². The summed E-state index contributed by atoms with van der Waals surface area (Å²) in [5.74, 6) is 2.76. The lowest BCUT2D eigenvalue weighted by Crippen LogP contribution is -2.29. The van der Waals surface area contributed by atoms with Gasteiger partial charge in [-0.15, -0.1) is 10.2 Å². The van der Waals surface area contributed by atoms with Crippen molar-refractivity contribution < 1.29 is 13.2 Å². The fraction of sp³-hybridized carbons (Fsp3) is 0.333. The summed E-state index contributed by atoms with van der Waals surface area (Å²) in [5.41, 5.74) is 1.94. The van der Waals surface area contributed by atoms with Gasteiger partial charge in [0.1, 0.15) is 12.4 Å². The van der Waals surface area contributed by atoms with Crippen LogP contribution in [0.25, 0.3) is 0 Å². The molecule has 0 saturated heterocycles. The maximum atomic E-state index is 13.2. The Morgan fingerprint density at radius 3 is 2.23 bits per heavy atom. The van der Waals surface area contributed by atoms with E-state index in [-0.39, 0.29) is 10.9 Å². The lowest BCUT2D eigenvalue weighted by atomic mass is 10.1. The number of nitrogens with zero attached hydrogens (tertiary/aromatic N) is 3. The Kier molecular flexibility index (Phi) is 10.2. The van der Waals surface area contributed by atoms with Crippen molar-refractivity contribution in [3.63, 3.8) is 0 Å². The van der Waals surface area contributed by atoms with Crippen LogP contribution >= 0.6 is 11.8 Å². The third-order valence-electron chi connectivity index (χ3n) is 6.30. The van der Waals surface area contributed by atoms with Crippen molar-refractivity contribution in [2.45, 2.75) is 62.9 Å². The van der Waals surface area contributed by atoms with E-state index in [1.807, 2.05) is 79.7 Å². The first kappa shape index (κ1) is 28.9. The first-order valence-corrected chi connectivity index (χ1v) is 15.7. The van der Waals surface area contributed by atoms with Crippen LogP contribution in [0.15, 0.2) is 95.0 Å². The Morgan fingerprint density at radius 1 is 0.897 bits per heavy atom. The van der Waals surface area contributed by atoms with Gasteiger partial charge in [-0.25, -0.2) is 13.1 Å². The van der Waals surface area contributed by atoms with Gasteiger partial charge < -0.3 is 9.30 Å². The van der Waals surface area contributed by atoms with Crippen molar-refractivity contribution in [1.29, 1.82) is 0 Å². The molecule has 3 aromatic carbocycles. The molecule has 39 heavy (non-hydrogen) atoms. The van der Waals surface area contributed by atoms with E-state index >= 15 is 0 Å². The van der Waals surface area contributed by atoms with E-state index in [4.69, 9.17) is 4.74 Å². The summed E-state index contributed by atoms with van der Waals surface area (Å²) >= 11 is 1.59. The fourth-order valence-corrected chi connectivity index (χ4v) is 6.27. The van der Waals surface area contributed by atoms with Crippen LogP contribution in [-0.2, 0) is 23.2 Å². The molecule has 1 heterocycles. The quantitative estimate of drug-likeness (QED) is 0.178. The average Bonchev–Trinajstić information content (AvgIpc) is 3.32. The Morgan fingerprint density at radius 2 is 1.56 bits per heavy atom. The van der Waals surface area contributed by atoms with Gasteiger partial charge in [0.05, 0.1) is 4.90 Å². The largest absolute Gasteiger partial charge is 0.486 e. The van der Waals surface area contributed by atoms with Crippen LogP contribution in [-0.4, -0.2) is 28.9 Å². The van der Waals surface area contributed by atoms with Crippen LogP contribution in [0.5, 0.6) is 5.75 Å². The zero-order valence-electron chi connectivity index (χ0n) is 22.7. The third kappa shape index (κ3) is 8.42. The maximum Gasteiger partial charge on any atom is 0.241 e. The number of aromatic nitrogens is 3. The molecule has 4 aromatic rings.